The monoisotopic (exact) mass is 297 g/mol. The molecule has 4 nitrogen and oxygen atoms in total. The van der Waals surface area contributed by atoms with Gasteiger partial charge in [-0.3, -0.25) is 0 Å². The van der Waals surface area contributed by atoms with Crippen molar-refractivity contribution >= 4 is 6.03 Å². The number of aromatic nitrogens is 1. The molecule has 2 amide bonds. The minimum absolute atomic E-state index is 0.0232. The summed E-state index contributed by atoms with van der Waals surface area (Å²) in [6.07, 6.45) is 2.10. The van der Waals surface area contributed by atoms with Crippen LogP contribution in [0.2, 0.25) is 0 Å². The molecule has 1 aromatic carbocycles. The highest BCUT2D eigenvalue weighted by molar-refractivity contribution is 5.75. The molecule has 1 N–H and O–H groups in total. The molecule has 116 valence electrons. The molecule has 3 rings (SSSR count). The summed E-state index contributed by atoms with van der Waals surface area (Å²) in [7, 11) is 0. The average molecular weight is 297 g/mol. The molecule has 4 heteroatoms. The van der Waals surface area contributed by atoms with Gasteiger partial charge in [-0.05, 0) is 23.6 Å². The zero-order chi connectivity index (χ0) is 15.5. The molecule has 1 unspecified atom stereocenters. The van der Waals surface area contributed by atoms with E-state index in [1.165, 1.54) is 5.69 Å². The van der Waals surface area contributed by atoms with Crippen molar-refractivity contribution in [2.24, 2.45) is 5.92 Å². The first-order chi connectivity index (χ1) is 10.7. The summed E-state index contributed by atoms with van der Waals surface area (Å²) in [5.74, 6) is 0.386. The number of rotatable bonds is 3. The highest BCUT2D eigenvalue weighted by Crippen LogP contribution is 2.32. The predicted molar refractivity (Wildman–Crippen MR) is 87.4 cm³/mol. The molecule has 1 aliphatic heterocycles. The van der Waals surface area contributed by atoms with Crippen molar-refractivity contribution in [1.82, 2.24) is 14.8 Å². The fourth-order valence-electron chi connectivity index (χ4n) is 3.22. The SMILES string of the molecule is CC(C)C1c2cccn2CCN1C(=O)NCc1ccccc1. The van der Waals surface area contributed by atoms with Gasteiger partial charge in [-0.25, -0.2) is 4.79 Å². The van der Waals surface area contributed by atoms with Gasteiger partial charge in [0.25, 0.3) is 0 Å². The van der Waals surface area contributed by atoms with Crippen LogP contribution in [0.1, 0.15) is 31.1 Å². The second-order valence-electron chi connectivity index (χ2n) is 6.15. The van der Waals surface area contributed by atoms with Crippen LogP contribution in [0.4, 0.5) is 4.79 Å². The number of carbonyl (C=O) groups excluding carboxylic acids is 1. The third-order valence-corrected chi connectivity index (χ3v) is 4.26. The van der Waals surface area contributed by atoms with E-state index in [0.29, 0.717) is 12.5 Å². The molecule has 0 bridgehead atoms. The van der Waals surface area contributed by atoms with E-state index < -0.39 is 0 Å². The average Bonchev–Trinajstić information content (AvgIpc) is 3.00. The quantitative estimate of drug-likeness (QED) is 0.926. The molecule has 0 saturated heterocycles. The standard InChI is InChI=1S/C18H23N3O/c1-14(2)17-16-9-6-10-20(16)11-12-21(17)18(22)19-13-15-7-4-3-5-8-15/h3-10,14,17H,11-13H2,1-2H3,(H,19,22). The van der Waals surface area contributed by atoms with Crippen LogP contribution in [0.15, 0.2) is 48.7 Å². The van der Waals surface area contributed by atoms with Crippen LogP contribution in [0.5, 0.6) is 0 Å². The van der Waals surface area contributed by atoms with E-state index in [2.05, 4.69) is 42.1 Å². The largest absolute Gasteiger partial charge is 0.348 e. The fourth-order valence-corrected chi connectivity index (χ4v) is 3.22. The van der Waals surface area contributed by atoms with E-state index in [0.717, 1.165) is 18.7 Å². The topological polar surface area (TPSA) is 37.3 Å². The van der Waals surface area contributed by atoms with Crippen LogP contribution in [0.3, 0.4) is 0 Å². The Morgan fingerprint density at radius 1 is 1.18 bits per heavy atom. The number of nitrogens with one attached hydrogen (secondary N) is 1. The Hall–Kier alpha value is -2.23. The van der Waals surface area contributed by atoms with E-state index in [9.17, 15) is 4.79 Å². The minimum Gasteiger partial charge on any atom is -0.348 e. The predicted octanol–water partition coefficient (Wildman–Crippen LogP) is 3.41. The number of fused-ring (bicyclic) bond motifs is 1. The van der Waals surface area contributed by atoms with E-state index in [4.69, 9.17) is 0 Å². The molecule has 1 aromatic heterocycles. The van der Waals surface area contributed by atoms with Crippen molar-refractivity contribution in [3.8, 4) is 0 Å². The molecule has 2 heterocycles. The summed E-state index contributed by atoms with van der Waals surface area (Å²) in [4.78, 5) is 14.6. The Balaban J connectivity index is 1.72. The smallest absolute Gasteiger partial charge is 0.318 e. The van der Waals surface area contributed by atoms with Crippen molar-refractivity contribution < 1.29 is 4.79 Å². The van der Waals surface area contributed by atoms with Gasteiger partial charge in [-0.1, -0.05) is 44.2 Å². The molecule has 0 saturated carbocycles. The lowest BCUT2D eigenvalue weighted by Crippen LogP contribution is -2.48. The van der Waals surface area contributed by atoms with Gasteiger partial charge in [0.1, 0.15) is 0 Å². The molecule has 2 aromatic rings. The summed E-state index contributed by atoms with van der Waals surface area (Å²) in [6.45, 7) is 6.53. The summed E-state index contributed by atoms with van der Waals surface area (Å²) < 4.78 is 2.26. The van der Waals surface area contributed by atoms with Crippen molar-refractivity contribution in [1.29, 1.82) is 0 Å². The number of hydrogen-bond donors (Lipinski definition) is 1. The number of carbonyl (C=O) groups is 1. The van der Waals surface area contributed by atoms with Crippen LogP contribution < -0.4 is 5.32 Å². The van der Waals surface area contributed by atoms with E-state index in [1.807, 2.05) is 35.2 Å². The fraction of sp³-hybridized carbons (Fsp3) is 0.389. The van der Waals surface area contributed by atoms with Crippen LogP contribution in [-0.2, 0) is 13.1 Å². The van der Waals surface area contributed by atoms with Crippen molar-refractivity contribution in [3.05, 3.63) is 59.9 Å². The molecule has 0 radical (unpaired) electrons. The number of benzene rings is 1. The lowest BCUT2D eigenvalue weighted by atomic mass is 9.97. The van der Waals surface area contributed by atoms with E-state index in [-0.39, 0.29) is 12.1 Å². The lowest BCUT2D eigenvalue weighted by molar-refractivity contribution is 0.133. The molecular weight excluding hydrogens is 274 g/mol. The normalized spacial score (nSPS) is 17.4. The Bertz CT molecular complexity index is 633. The Kier molecular flexibility index (Phi) is 4.18. The number of amides is 2. The molecule has 22 heavy (non-hydrogen) atoms. The van der Waals surface area contributed by atoms with Gasteiger partial charge in [-0.15, -0.1) is 0 Å². The Labute approximate surface area is 131 Å². The van der Waals surface area contributed by atoms with Crippen LogP contribution >= 0.6 is 0 Å². The van der Waals surface area contributed by atoms with Gasteiger partial charge in [0.05, 0.1) is 6.04 Å². The van der Waals surface area contributed by atoms with Gasteiger partial charge < -0.3 is 14.8 Å². The van der Waals surface area contributed by atoms with E-state index >= 15 is 0 Å². The lowest BCUT2D eigenvalue weighted by Gasteiger charge is -2.39. The summed E-state index contributed by atoms with van der Waals surface area (Å²) in [5.41, 5.74) is 2.36. The van der Waals surface area contributed by atoms with Gasteiger partial charge in [0, 0.05) is 31.5 Å². The molecule has 0 fully saturated rings. The van der Waals surface area contributed by atoms with Crippen molar-refractivity contribution in [3.63, 3.8) is 0 Å². The summed E-state index contributed by atoms with van der Waals surface area (Å²) in [5, 5.41) is 3.05. The summed E-state index contributed by atoms with van der Waals surface area (Å²) in [6, 6.07) is 14.4. The maximum absolute atomic E-state index is 12.6. The first-order valence-electron chi connectivity index (χ1n) is 7.90. The molecule has 0 spiro atoms. The summed E-state index contributed by atoms with van der Waals surface area (Å²) >= 11 is 0. The maximum atomic E-state index is 12.6. The molecular formula is C18H23N3O. The van der Waals surface area contributed by atoms with Gasteiger partial charge >= 0.3 is 6.03 Å². The number of nitrogens with zero attached hydrogens (tertiary/aromatic N) is 2. The minimum atomic E-state index is 0.0232. The van der Waals surface area contributed by atoms with Gasteiger partial charge in [0.15, 0.2) is 0 Å². The second-order valence-corrected chi connectivity index (χ2v) is 6.15. The van der Waals surface area contributed by atoms with Gasteiger partial charge in [0.2, 0.25) is 0 Å². The highest BCUT2D eigenvalue weighted by Gasteiger charge is 2.32. The van der Waals surface area contributed by atoms with Crippen LogP contribution in [-0.4, -0.2) is 22.0 Å². The van der Waals surface area contributed by atoms with Crippen LogP contribution in [0, 0.1) is 5.92 Å². The molecule has 1 aliphatic rings. The highest BCUT2D eigenvalue weighted by atomic mass is 16.2. The molecule has 1 atom stereocenters. The number of urea groups is 1. The first-order valence-corrected chi connectivity index (χ1v) is 7.90. The van der Waals surface area contributed by atoms with E-state index in [1.54, 1.807) is 0 Å². The Morgan fingerprint density at radius 2 is 1.95 bits per heavy atom. The zero-order valence-corrected chi connectivity index (χ0v) is 13.2. The first kappa shape index (κ1) is 14.7. The maximum Gasteiger partial charge on any atom is 0.318 e. The van der Waals surface area contributed by atoms with Crippen LogP contribution in [0.25, 0.3) is 0 Å². The zero-order valence-electron chi connectivity index (χ0n) is 13.2. The van der Waals surface area contributed by atoms with Crippen molar-refractivity contribution in [2.75, 3.05) is 6.54 Å². The van der Waals surface area contributed by atoms with Gasteiger partial charge in [-0.2, -0.15) is 0 Å². The number of hydrogen-bond acceptors (Lipinski definition) is 1. The third kappa shape index (κ3) is 2.86. The molecule has 0 aliphatic carbocycles. The Morgan fingerprint density at radius 3 is 2.68 bits per heavy atom. The van der Waals surface area contributed by atoms with Crippen molar-refractivity contribution in [2.45, 2.75) is 33.0 Å². The second kappa shape index (κ2) is 6.26. The third-order valence-electron chi connectivity index (χ3n) is 4.26.